The molecule has 0 bridgehead atoms. The molecule has 1 aromatic rings. The van der Waals surface area contributed by atoms with Crippen molar-refractivity contribution < 1.29 is 9.53 Å². The van der Waals surface area contributed by atoms with Crippen LogP contribution in [0.4, 0.5) is 10.6 Å². The molecule has 0 unspecified atom stereocenters. The third-order valence-electron chi connectivity index (χ3n) is 1.63. The van der Waals surface area contributed by atoms with E-state index in [-0.39, 0.29) is 0 Å². The van der Waals surface area contributed by atoms with Gasteiger partial charge in [0.15, 0.2) is 0 Å². The quantitative estimate of drug-likeness (QED) is 0.749. The Bertz CT molecular complexity index is 275. The van der Waals surface area contributed by atoms with Crippen LogP contribution in [0.3, 0.4) is 0 Å². The second-order valence-electron chi connectivity index (χ2n) is 2.83. The molecule has 0 atom stereocenters. The van der Waals surface area contributed by atoms with Gasteiger partial charge in [-0.05, 0) is 18.6 Å². The molecular weight excluding hydrogens is 180 g/mol. The summed E-state index contributed by atoms with van der Waals surface area (Å²) in [5, 5.41) is 2.53. The highest BCUT2D eigenvalue weighted by molar-refractivity contribution is 5.83. The highest BCUT2D eigenvalue weighted by Crippen LogP contribution is 2.00. The van der Waals surface area contributed by atoms with Crippen LogP contribution in [-0.2, 0) is 4.74 Å². The summed E-state index contributed by atoms with van der Waals surface area (Å²) in [5.74, 6) is 0.508. The zero-order chi connectivity index (χ0) is 10.2. The molecule has 4 heteroatoms. The third kappa shape index (κ3) is 3.89. The van der Waals surface area contributed by atoms with Gasteiger partial charge in [0, 0.05) is 6.20 Å². The van der Waals surface area contributed by atoms with Gasteiger partial charge >= 0.3 is 6.09 Å². The molecule has 14 heavy (non-hydrogen) atoms. The first-order valence-corrected chi connectivity index (χ1v) is 4.67. The first-order chi connectivity index (χ1) is 6.83. The van der Waals surface area contributed by atoms with Crippen LogP contribution in [-0.4, -0.2) is 17.7 Å². The van der Waals surface area contributed by atoms with Gasteiger partial charge in [-0.15, -0.1) is 0 Å². The molecule has 0 spiro atoms. The van der Waals surface area contributed by atoms with Crippen molar-refractivity contribution in [2.45, 2.75) is 19.8 Å². The van der Waals surface area contributed by atoms with Gasteiger partial charge in [0.25, 0.3) is 0 Å². The zero-order valence-corrected chi connectivity index (χ0v) is 8.19. The minimum atomic E-state index is -0.447. The summed E-state index contributed by atoms with van der Waals surface area (Å²) in [6, 6.07) is 5.29. The van der Waals surface area contributed by atoms with E-state index in [4.69, 9.17) is 4.74 Å². The Morgan fingerprint density at radius 3 is 3.07 bits per heavy atom. The number of pyridine rings is 1. The lowest BCUT2D eigenvalue weighted by Gasteiger charge is -2.04. The highest BCUT2D eigenvalue weighted by atomic mass is 16.5. The Labute approximate surface area is 83.3 Å². The predicted octanol–water partition coefficient (Wildman–Crippen LogP) is 2.43. The van der Waals surface area contributed by atoms with Crippen LogP contribution in [0.15, 0.2) is 24.4 Å². The number of ether oxygens (including phenoxy) is 1. The molecule has 0 saturated carbocycles. The number of unbranched alkanes of at least 4 members (excludes halogenated alkanes) is 1. The molecule has 4 nitrogen and oxygen atoms in total. The van der Waals surface area contributed by atoms with Crippen LogP contribution in [0.25, 0.3) is 0 Å². The van der Waals surface area contributed by atoms with Crippen LogP contribution < -0.4 is 5.32 Å². The van der Waals surface area contributed by atoms with Crippen LogP contribution in [0.2, 0.25) is 0 Å². The van der Waals surface area contributed by atoms with Gasteiger partial charge < -0.3 is 4.74 Å². The fraction of sp³-hybridized carbons (Fsp3) is 0.400. The lowest BCUT2D eigenvalue weighted by molar-refractivity contribution is 0.160. The van der Waals surface area contributed by atoms with Crippen LogP contribution in [0.1, 0.15) is 19.8 Å². The van der Waals surface area contributed by atoms with E-state index in [9.17, 15) is 4.79 Å². The summed E-state index contributed by atoms with van der Waals surface area (Å²) in [6.07, 6.45) is 3.06. The van der Waals surface area contributed by atoms with E-state index in [0.29, 0.717) is 12.4 Å². The smallest absolute Gasteiger partial charge is 0.412 e. The fourth-order valence-electron chi connectivity index (χ4n) is 0.887. The Kier molecular flexibility index (Phi) is 4.47. The number of nitrogens with one attached hydrogen (secondary N) is 1. The summed E-state index contributed by atoms with van der Waals surface area (Å²) in [5.41, 5.74) is 0. The van der Waals surface area contributed by atoms with E-state index in [1.54, 1.807) is 24.4 Å². The van der Waals surface area contributed by atoms with Crippen molar-refractivity contribution in [3.8, 4) is 0 Å². The lowest BCUT2D eigenvalue weighted by Crippen LogP contribution is -2.14. The van der Waals surface area contributed by atoms with E-state index in [1.165, 1.54) is 0 Å². The minimum Gasteiger partial charge on any atom is -0.449 e. The van der Waals surface area contributed by atoms with Gasteiger partial charge in [0.2, 0.25) is 0 Å². The van der Waals surface area contributed by atoms with Gasteiger partial charge in [-0.3, -0.25) is 5.32 Å². The number of amides is 1. The normalized spacial score (nSPS) is 9.50. The van der Waals surface area contributed by atoms with E-state index < -0.39 is 6.09 Å². The molecule has 0 aliphatic heterocycles. The third-order valence-corrected chi connectivity index (χ3v) is 1.63. The standard InChI is InChI=1S/C10H14N2O2/c1-2-3-8-14-10(13)12-9-6-4-5-7-11-9/h4-7H,2-3,8H2,1H3,(H,11,12,13). The molecule has 1 rings (SSSR count). The average molecular weight is 194 g/mol. The second kappa shape index (κ2) is 5.96. The van der Waals surface area contributed by atoms with Gasteiger partial charge in [-0.1, -0.05) is 19.4 Å². The predicted molar refractivity (Wildman–Crippen MR) is 54.1 cm³/mol. The van der Waals surface area contributed by atoms with E-state index in [1.807, 2.05) is 6.92 Å². The number of aromatic nitrogens is 1. The first kappa shape index (κ1) is 10.5. The number of carbonyl (C=O) groups excluding carboxylic acids is 1. The number of hydrogen-bond acceptors (Lipinski definition) is 3. The summed E-state index contributed by atoms with van der Waals surface area (Å²) < 4.78 is 4.90. The Morgan fingerprint density at radius 2 is 2.43 bits per heavy atom. The summed E-state index contributed by atoms with van der Waals surface area (Å²) in [7, 11) is 0. The number of rotatable bonds is 4. The molecule has 1 N–H and O–H groups in total. The molecular formula is C10H14N2O2. The first-order valence-electron chi connectivity index (χ1n) is 4.67. The number of carbonyl (C=O) groups is 1. The maximum atomic E-state index is 11.1. The molecule has 0 fully saturated rings. The van der Waals surface area contributed by atoms with Crippen molar-refractivity contribution >= 4 is 11.9 Å². The van der Waals surface area contributed by atoms with Crippen molar-refractivity contribution in [1.29, 1.82) is 0 Å². The molecule has 1 heterocycles. The largest absolute Gasteiger partial charge is 0.449 e. The molecule has 1 aromatic heterocycles. The molecule has 0 aliphatic carbocycles. The topological polar surface area (TPSA) is 51.2 Å². The SMILES string of the molecule is CCCCOC(=O)Nc1ccccn1. The zero-order valence-electron chi connectivity index (χ0n) is 8.19. The van der Waals surface area contributed by atoms with E-state index in [0.717, 1.165) is 12.8 Å². The molecule has 0 aromatic carbocycles. The Morgan fingerprint density at radius 1 is 1.57 bits per heavy atom. The van der Waals surface area contributed by atoms with Crippen molar-refractivity contribution in [2.24, 2.45) is 0 Å². The Hall–Kier alpha value is -1.58. The van der Waals surface area contributed by atoms with Gasteiger partial charge in [-0.2, -0.15) is 0 Å². The summed E-state index contributed by atoms with van der Waals surface area (Å²) in [4.78, 5) is 15.0. The maximum Gasteiger partial charge on any atom is 0.412 e. The van der Waals surface area contributed by atoms with E-state index in [2.05, 4.69) is 10.3 Å². The maximum absolute atomic E-state index is 11.1. The summed E-state index contributed by atoms with van der Waals surface area (Å²) in [6.45, 7) is 2.50. The fourth-order valence-corrected chi connectivity index (χ4v) is 0.887. The van der Waals surface area contributed by atoms with Crippen molar-refractivity contribution in [2.75, 3.05) is 11.9 Å². The van der Waals surface area contributed by atoms with Crippen molar-refractivity contribution in [3.05, 3.63) is 24.4 Å². The Balaban J connectivity index is 2.27. The molecule has 76 valence electrons. The van der Waals surface area contributed by atoms with Crippen molar-refractivity contribution in [3.63, 3.8) is 0 Å². The molecule has 1 amide bonds. The minimum absolute atomic E-state index is 0.447. The highest BCUT2D eigenvalue weighted by Gasteiger charge is 2.01. The monoisotopic (exact) mass is 194 g/mol. The average Bonchev–Trinajstić information content (AvgIpc) is 2.20. The van der Waals surface area contributed by atoms with Crippen molar-refractivity contribution in [1.82, 2.24) is 4.98 Å². The molecule has 0 saturated heterocycles. The number of nitrogens with zero attached hydrogens (tertiary/aromatic N) is 1. The lowest BCUT2D eigenvalue weighted by atomic mass is 10.4. The van der Waals surface area contributed by atoms with Crippen LogP contribution >= 0.6 is 0 Å². The summed E-state index contributed by atoms with van der Waals surface area (Å²) >= 11 is 0. The number of anilines is 1. The molecule has 0 aliphatic rings. The van der Waals surface area contributed by atoms with Crippen LogP contribution in [0.5, 0.6) is 0 Å². The van der Waals surface area contributed by atoms with Gasteiger partial charge in [-0.25, -0.2) is 9.78 Å². The van der Waals surface area contributed by atoms with Gasteiger partial charge in [0.05, 0.1) is 6.61 Å². The second-order valence-corrected chi connectivity index (χ2v) is 2.83. The van der Waals surface area contributed by atoms with Gasteiger partial charge in [0.1, 0.15) is 5.82 Å². The van der Waals surface area contributed by atoms with Crippen LogP contribution in [0, 0.1) is 0 Å². The van der Waals surface area contributed by atoms with E-state index >= 15 is 0 Å². The molecule has 0 radical (unpaired) electrons. The number of hydrogen-bond donors (Lipinski definition) is 1.